The zero-order valence-electron chi connectivity index (χ0n) is 8.85. The van der Waals surface area contributed by atoms with Crippen molar-refractivity contribution in [2.24, 2.45) is 0 Å². The third-order valence-electron chi connectivity index (χ3n) is 2.47. The highest BCUT2D eigenvalue weighted by atomic mass is 16.6. The van der Waals surface area contributed by atoms with Crippen LogP contribution in [0.1, 0.15) is 26.2 Å². The van der Waals surface area contributed by atoms with Crippen molar-refractivity contribution in [3.05, 3.63) is 10.1 Å². The van der Waals surface area contributed by atoms with Crippen LogP contribution in [0.25, 0.3) is 0 Å². The van der Waals surface area contributed by atoms with Gasteiger partial charge in [-0.15, -0.1) is 0 Å². The third-order valence-corrected chi connectivity index (χ3v) is 2.47. The van der Waals surface area contributed by atoms with E-state index in [-0.39, 0.29) is 12.6 Å². The number of hydrogen-bond donors (Lipinski definition) is 0. The lowest BCUT2D eigenvalue weighted by Crippen LogP contribution is -2.47. The number of likely N-dealkylation sites (tertiary alicyclic amines) is 1. The summed E-state index contributed by atoms with van der Waals surface area (Å²) in [6.07, 6.45) is 2.49. The van der Waals surface area contributed by atoms with Gasteiger partial charge in [0, 0.05) is 11.5 Å². The lowest BCUT2D eigenvalue weighted by molar-refractivity contribution is -0.506. The lowest BCUT2D eigenvalue weighted by Gasteiger charge is -2.30. The SMILES string of the molecule is CCOC(=O)C1CCCCN1C[N+](=O)[O-]. The molecule has 6 heteroatoms. The molecule has 1 heterocycles. The quantitative estimate of drug-likeness (QED) is 0.391. The summed E-state index contributed by atoms with van der Waals surface area (Å²) in [5.74, 6) is -0.334. The van der Waals surface area contributed by atoms with Gasteiger partial charge >= 0.3 is 5.97 Å². The smallest absolute Gasteiger partial charge is 0.323 e. The molecular weight excluding hydrogens is 200 g/mol. The summed E-state index contributed by atoms with van der Waals surface area (Å²) < 4.78 is 4.89. The Morgan fingerprint density at radius 1 is 1.60 bits per heavy atom. The topological polar surface area (TPSA) is 72.7 Å². The van der Waals surface area contributed by atoms with Crippen molar-refractivity contribution >= 4 is 5.97 Å². The van der Waals surface area contributed by atoms with Crippen LogP contribution in [0.3, 0.4) is 0 Å². The Hall–Kier alpha value is -1.17. The number of ether oxygens (including phenoxy) is 1. The van der Waals surface area contributed by atoms with Crippen LogP contribution in [0.5, 0.6) is 0 Å². The van der Waals surface area contributed by atoms with Gasteiger partial charge in [-0.2, -0.15) is 0 Å². The van der Waals surface area contributed by atoms with Crippen LogP contribution in [-0.4, -0.2) is 41.7 Å². The van der Waals surface area contributed by atoms with Crippen molar-refractivity contribution in [1.82, 2.24) is 4.90 Å². The summed E-state index contributed by atoms with van der Waals surface area (Å²) in [5.41, 5.74) is 0. The first-order chi connectivity index (χ1) is 7.15. The zero-order valence-corrected chi connectivity index (χ0v) is 8.85. The molecule has 0 saturated carbocycles. The molecule has 1 atom stereocenters. The van der Waals surface area contributed by atoms with E-state index in [4.69, 9.17) is 4.74 Å². The second-order valence-electron chi connectivity index (χ2n) is 3.55. The van der Waals surface area contributed by atoms with Gasteiger partial charge in [0.1, 0.15) is 6.04 Å². The number of hydrogen-bond acceptors (Lipinski definition) is 5. The van der Waals surface area contributed by atoms with Crippen LogP contribution in [0.15, 0.2) is 0 Å². The molecule has 0 bridgehead atoms. The summed E-state index contributed by atoms with van der Waals surface area (Å²) in [6, 6.07) is -0.427. The molecule has 0 aliphatic carbocycles. The minimum absolute atomic E-state index is 0.274. The maximum atomic E-state index is 11.5. The molecule has 0 aromatic rings. The van der Waals surface area contributed by atoms with Crippen LogP contribution in [0.4, 0.5) is 0 Å². The Morgan fingerprint density at radius 3 is 2.93 bits per heavy atom. The fourth-order valence-electron chi connectivity index (χ4n) is 1.81. The van der Waals surface area contributed by atoms with Gasteiger partial charge in [0.25, 0.3) is 6.67 Å². The number of nitrogens with zero attached hydrogens (tertiary/aromatic N) is 2. The van der Waals surface area contributed by atoms with Crippen molar-refractivity contribution in [3.8, 4) is 0 Å². The largest absolute Gasteiger partial charge is 0.465 e. The Morgan fingerprint density at radius 2 is 2.33 bits per heavy atom. The van der Waals surface area contributed by atoms with Gasteiger partial charge in [0.05, 0.1) is 6.61 Å². The Labute approximate surface area is 88.3 Å². The fourth-order valence-corrected chi connectivity index (χ4v) is 1.81. The van der Waals surface area contributed by atoms with E-state index in [1.54, 1.807) is 11.8 Å². The molecule has 15 heavy (non-hydrogen) atoms. The Kier molecular flexibility index (Phi) is 4.48. The van der Waals surface area contributed by atoms with Gasteiger partial charge in [-0.3, -0.25) is 14.9 Å². The summed E-state index contributed by atoms with van der Waals surface area (Å²) in [7, 11) is 0. The molecule has 1 aliphatic heterocycles. The van der Waals surface area contributed by atoms with Crippen LogP contribution < -0.4 is 0 Å². The number of carbonyl (C=O) groups is 1. The first-order valence-corrected chi connectivity index (χ1v) is 5.17. The zero-order chi connectivity index (χ0) is 11.3. The van der Waals surface area contributed by atoms with Gasteiger partial charge in [-0.1, -0.05) is 6.42 Å². The third kappa shape index (κ3) is 3.47. The average molecular weight is 216 g/mol. The van der Waals surface area contributed by atoms with Crippen molar-refractivity contribution in [2.45, 2.75) is 32.2 Å². The second-order valence-corrected chi connectivity index (χ2v) is 3.55. The van der Waals surface area contributed by atoms with Crippen molar-refractivity contribution in [2.75, 3.05) is 19.8 Å². The van der Waals surface area contributed by atoms with Gasteiger partial charge < -0.3 is 4.74 Å². The van der Waals surface area contributed by atoms with Gasteiger partial charge in [-0.25, -0.2) is 4.90 Å². The van der Waals surface area contributed by atoms with Crippen molar-refractivity contribution in [1.29, 1.82) is 0 Å². The molecule has 1 unspecified atom stereocenters. The normalized spacial score (nSPS) is 22.3. The van der Waals surface area contributed by atoms with E-state index in [0.29, 0.717) is 19.6 Å². The van der Waals surface area contributed by atoms with Gasteiger partial charge in [0.2, 0.25) is 0 Å². The molecule has 1 saturated heterocycles. The molecule has 0 N–H and O–H groups in total. The van der Waals surface area contributed by atoms with E-state index in [9.17, 15) is 14.9 Å². The Bertz CT molecular complexity index is 244. The molecule has 0 aromatic carbocycles. The maximum absolute atomic E-state index is 11.5. The van der Waals surface area contributed by atoms with Gasteiger partial charge in [0.15, 0.2) is 0 Å². The minimum Gasteiger partial charge on any atom is -0.465 e. The highest BCUT2D eigenvalue weighted by Crippen LogP contribution is 2.17. The van der Waals surface area contributed by atoms with Crippen LogP contribution in [0.2, 0.25) is 0 Å². The molecule has 0 spiro atoms. The van der Waals surface area contributed by atoms with Crippen molar-refractivity contribution in [3.63, 3.8) is 0 Å². The van der Waals surface area contributed by atoms with E-state index in [2.05, 4.69) is 0 Å². The molecular formula is C9H16N2O4. The summed E-state index contributed by atoms with van der Waals surface area (Å²) >= 11 is 0. The highest BCUT2D eigenvalue weighted by Gasteiger charge is 2.32. The second kappa shape index (κ2) is 5.65. The molecule has 1 rings (SSSR count). The van der Waals surface area contributed by atoms with Crippen LogP contribution >= 0.6 is 0 Å². The number of rotatable bonds is 4. The van der Waals surface area contributed by atoms with Crippen molar-refractivity contribution < 1.29 is 14.5 Å². The predicted molar refractivity (Wildman–Crippen MR) is 52.8 cm³/mol. The first kappa shape index (κ1) is 11.9. The maximum Gasteiger partial charge on any atom is 0.323 e. The number of piperidine rings is 1. The summed E-state index contributed by atoms with van der Waals surface area (Å²) in [5, 5.41) is 10.4. The molecule has 1 aliphatic rings. The number of nitro groups is 1. The van der Waals surface area contributed by atoms with E-state index in [1.165, 1.54) is 0 Å². The minimum atomic E-state index is -0.427. The standard InChI is InChI=1S/C9H16N2O4/c1-2-15-9(12)8-5-3-4-6-10(8)7-11(13)14/h8H,2-7H2,1H3. The van der Waals surface area contributed by atoms with E-state index < -0.39 is 11.0 Å². The van der Waals surface area contributed by atoms with E-state index in [0.717, 1.165) is 12.8 Å². The van der Waals surface area contributed by atoms with E-state index in [1.807, 2.05) is 0 Å². The summed E-state index contributed by atoms with van der Waals surface area (Å²) in [4.78, 5) is 23.1. The fraction of sp³-hybridized carbons (Fsp3) is 0.889. The van der Waals surface area contributed by atoms with Gasteiger partial charge in [-0.05, 0) is 19.8 Å². The molecule has 0 aromatic heterocycles. The molecule has 86 valence electrons. The molecule has 0 amide bonds. The monoisotopic (exact) mass is 216 g/mol. The summed E-state index contributed by atoms with van der Waals surface area (Å²) in [6.45, 7) is 2.38. The molecule has 6 nitrogen and oxygen atoms in total. The highest BCUT2D eigenvalue weighted by molar-refractivity contribution is 5.75. The molecule has 0 radical (unpaired) electrons. The number of carbonyl (C=O) groups excluding carboxylic acids is 1. The first-order valence-electron chi connectivity index (χ1n) is 5.17. The van der Waals surface area contributed by atoms with Crippen LogP contribution in [0, 0.1) is 10.1 Å². The molecule has 1 fully saturated rings. The average Bonchev–Trinajstić information content (AvgIpc) is 2.18. The lowest BCUT2D eigenvalue weighted by atomic mass is 10.0. The van der Waals surface area contributed by atoms with Crippen LogP contribution in [-0.2, 0) is 9.53 Å². The number of esters is 1. The Balaban J connectivity index is 2.56. The van der Waals surface area contributed by atoms with E-state index >= 15 is 0 Å². The predicted octanol–water partition coefficient (Wildman–Crippen LogP) is 0.638.